The maximum Gasteiger partial charge on any atom is 0.258 e. The van der Waals surface area contributed by atoms with Crippen molar-refractivity contribution in [2.24, 2.45) is 0 Å². The summed E-state index contributed by atoms with van der Waals surface area (Å²) in [5.74, 6) is -0.387. The summed E-state index contributed by atoms with van der Waals surface area (Å²) in [6.07, 6.45) is 0. The number of nitrogens with zero attached hydrogens (tertiary/aromatic N) is 1. The molecule has 2 rings (SSSR count). The molecule has 1 N–H and O–H groups in total. The Balaban J connectivity index is 2.28. The molecule has 0 aliphatic rings. The van der Waals surface area contributed by atoms with Gasteiger partial charge in [0.2, 0.25) is 0 Å². The quantitative estimate of drug-likeness (QED) is 0.823. The fourth-order valence-corrected chi connectivity index (χ4v) is 2.10. The topological polar surface area (TPSA) is 42.0 Å². The molecule has 1 amide bonds. The maximum absolute atomic E-state index is 12.1. The number of aromatic nitrogens is 1. The lowest BCUT2D eigenvalue weighted by Crippen LogP contribution is -2.13. The van der Waals surface area contributed by atoms with Gasteiger partial charge in [0.25, 0.3) is 5.91 Å². The summed E-state index contributed by atoms with van der Waals surface area (Å²) in [7, 11) is 0. The number of aryl methyl sites for hydroxylation is 1. The molecule has 0 saturated carbocycles. The van der Waals surface area contributed by atoms with Crippen molar-refractivity contribution in [2.75, 3.05) is 5.32 Å². The molecule has 19 heavy (non-hydrogen) atoms. The van der Waals surface area contributed by atoms with Crippen LogP contribution in [0.2, 0.25) is 15.3 Å². The number of halogens is 3. The van der Waals surface area contributed by atoms with Crippen LogP contribution in [0.3, 0.4) is 0 Å². The maximum atomic E-state index is 12.1. The Labute approximate surface area is 125 Å². The van der Waals surface area contributed by atoms with Crippen LogP contribution in [0.4, 0.5) is 5.69 Å². The zero-order valence-corrected chi connectivity index (χ0v) is 12.1. The first-order valence-corrected chi connectivity index (χ1v) is 6.50. The van der Waals surface area contributed by atoms with Crippen molar-refractivity contribution in [2.45, 2.75) is 6.92 Å². The van der Waals surface area contributed by atoms with E-state index in [0.717, 1.165) is 5.56 Å². The van der Waals surface area contributed by atoms with Gasteiger partial charge in [-0.2, -0.15) is 0 Å². The summed E-state index contributed by atoms with van der Waals surface area (Å²) in [4.78, 5) is 15.9. The first-order valence-electron chi connectivity index (χ1n) is 5.37. The highest BCUT2D eigenvalue weighted by Crippen LogP contribution is 2.24. The molecule has 0 aliphatic carbocycles. The number of pyridine rings is 1. The van der Waals surface area contributed by atoms with E-state index in [4.69, 9.17) is 34.8 Å². The van der Waals surface area contributed by atoms with E-state index in [9.17, 15) is 4.79 Å². The van der Waals surface area contributed by atoms with E-state index in [1.54, 1.807) is 12.1 Å². The van der Waals surface area contributed by atoms with E-state index in [1.165, 1.54) is 12.1 Å². The number of amides is 1. The van der Waals surface area contributed by atoms with E-state index in [1.807, 2.05) is 13.0 Å². The SMILES string of the molecule is Cc1ccc(Cl)c(NC(=O)c2ccc(Cl)nc2Cl)c1. The molecule has 3 nitrogen and oxygen atoms in total. The zero-order valence-electron chi connectivity index (χ0n) is 9.88. The molecule has 2 aromatic rings. The molecule has 0 saturated heterocycles. The van der Waals surface area contributed by atoms with Gasteiger partial charge in [-0.3, -0.25) is 4.79 Å². The average molecular weight is 316 g/mol. The van der Waals surface area contributed by atoms with E-state index >= 15 is 0 Å². The van der Waals surface area contributed by atoms with Gasteiger partial charge in [-0.1, -0.05) is 40.9 Å². The molecule has 0 aliphatic heterocycles. The van der Waals surface area contributed by atoms with Crippen LogP contribution in [0.15, 0.2) is 30.3 Å². The lowest BCUT2D eigenvalue weighted by molar-refractivity contribution is 0.102. The van der Waals surface area contributed by atoms with E-state index in [0.29, 0.717) is 10.7 Å². The first kappa shape index (κ1) is 14.1. The van der Waals surface area contributed by atoms with E-state index in [-0.39, 0.29) is 21.8 Å². The van der Waals surface area contributed by atoms with Gasteiger partial charge >= 0.3 is 0 Å². The van der Waals surface area contributed by atoms with Gasteiger partial charge in [-0.25, -0.2) is 4.98 Å². The van der Waals surface area contributed by atoms with Gasteiger partial charge in [0.1, 0.15) is 10.3 Å². The summed E-state index contributed by atoms with van der Waals surface area (Å²) >= 11 is 17.6. The van der Waals surface area contributed by atoms with E-state index in [2.05, 4.69) is 10.3 Å². The summed E-state index contributed by atoms with van der Waals surface area (Å²) in [5.41, 5.74) is 1.75. The van der Waals surface area contributed by atoms with Gasteiger partial charge in [-0.05, 0) is 36.8 Å². The predicted octanol–water partition coefficient (Wildman–Crippen LogP) is 4.60. The summed E-state index contributed by atoms with van der Waals surface area (Å²) in [6.45, 7) is 1.91. The Morgan fingerprint density at radius 3 is 2.58 bits per heavy atom. The lowest BCUT2D eigenvalue weighted by Gasteiger charge is -2.09. The van der Waals surface area contributed by atoms with Crippen molar-refractivity contribution in [3.63, 3.8) is 0 Å². The van der Waals surface area contributed by atoms with Crippen LogP contribution in [-0.2, 0) is 0 Å². The van der Waals surface area contributed by atoms with Crippen molar-refractivity contribution in [3.05, 3.63) is 56.8 Å². The normalized spacial score (nSPS) is 10.3. The third-order valence-corrected chi connectivity index (χ3v) is 3.26. The number of carbonyl (C=O) groups excluding carboxylic acids is 1. The number of carbonyl (C=O) groups is 1. The van der Waals surface area contributed by atoms with Crippen LogP contribution in [0.25, 0.3) is 0 Å². The van der Waals surface area contributed by atoms with Crippen molar-refractivity contribution in [3.8, 4) is 0 Å². The molecule has 0 bridgehead atoms. The van der Waals surface area contributed by atoms with Crippen molar-refractivity contribution in [1.29, 1.82) is 0 Å². The second-order valence-electron chi connectivity index (χ2n) is 3.91. The van der Waals surface area contributed by atoms with Crippen molar-refractivity contribution in [1.82, 2.24) is 4.98 Å². The number of hydrogen-bond donors (Lipinski definition) is 1. The van der Waals surface area contributed by atoms with Gasteiger partial charge < -0.3 is 5.32 Å². The minimum Gasteiger partial charge on any atom is -0.321 e. The Morgan fingerprint density at radius 2 is 1.89 bits per heavy atom. The Bertz CT molecular complexity index is 644. The molecule has 0 radical (unpaired) electrons. The second kappa shape index (κ2) is 5.78. The molecule has 0 unspecified atom stereocenters. The fourth-order valence-electron chi connectivity index (χ4n) is 1.51. The monoisotopic (exact) mass is 314 g/mol. The number of hydrogen-bond acceptors (Lipinski definition) is 2. The van der Waals surface area contributed by atoms with Crippen LogP contribution >= 0.6 is 34.8 Å². The smallest absolute Gasteiger partial charge is 0.258 e. The highest BCUT2D eigenvalue weighted by molar-refractivity contribution is 6.36. The van der Waals surface area contributed by atoms with Crippen LogP contribution in [0.5, 0.6) is 0 Å². The molecule has 1 aromatic heterocycles. The molecule has 98 valence electrons. The van der Waals surface area contributed by atoms with E-state index < -0.39 is 0 Å². The highest BCUT2D eigenvalue weighted by Gasteiger charge is 2.13. The number of rotatable bonds is 2. The molecular formula is C13H9Cl3N2O. The van der Waals surface area contributed by atoms with Crippen LogP contribution < -0.4 is 5.32 Å². The summed E-state index contributed by atoms with van der Waals surface area (Å²) < 4.78 is 0. The third kappa shape index (κ3) is 3.38. The average Bonchev–Trinajstić information content (AvgIpc) is 2.33. The van der Waals surface area contributed by atoms with Crippen LogP contribution in [-0.4, -0.2) is 10.9 Å². The Kier molecular flexibility index (Phi) is 4.30. The van der Waals surface area contributed by atoms with Crippen LogP contribution in [0.1, 0.15) is 15.9 Å². The van der Waals surface area contributed by atoms with Gasteiger partial charge in [-0.15, -0.1) is 0 Å². The molecule has 1 aromatic carbocycles. The van der Waals surface area contributed by atoms with Gasteiger partial charge in [0.05, 0.1) is 16.3 Å². The van der Waals surface area contributed by atoms with Crippen LogP contribution in [0, 0.1) is 6.92 Å². The largest absolute Gasteiger partial charge is 0.321 e. The molecule has 6 heteroatoms. The minimum atomic E-state index is -0.387. The molecule has 0 atom stereocenters. The molecule has 1 heterocycles. The second-order valence-corrected chi connectivity index (χ2v) is 5.06. The number of nitrogens with one attached hydrogen (secondary N) is 1. The Morgan fingerprint density at radius 1 is 1.16 bits per heavy atom. The molecule has 0 spiro atoms. The third-order valence-electron chi connectivity index (χ3n) is 2.43. The number of benzene rings is 1. The van der Waals surface area contributed by atoms with Gasteiger partial charge in [0, 0.05) is 0 Å². The molecule has 0 fully saturated rings. The Hall–Kier alpha value is -1.29. The first-order chi connectivity index (χ1) is 8.97. The standard InChI is InChI=1S/C13H9Cl3N2O/c1-7-2-4-9(14)10(6-7)17-13(19)8-3-5-11(15)18-12(8)16/h2-6H,1H3,(H,17,19). The van der Waals surface area contributed by atoms with Gasteiger partial charge in [0.15, 0.2) is 0 Å². The minimum absolute atomic E-state index is 0.0498. The summed E-state index contributed by atoms with van der Waals surface area (Å²) in [6, 6.07) is 8.36. The summed E-state index contributed by atoms with van der Waals surface area (Å²) in [5, 5.41) is 3.43. The fraction of sp³-hybridized carbons (Fsp3) is 0.0769. The lowest BCUT2D eigenvalue weighted by atomic mass is 10.2. The highest BCUT2D eigenvalue weighted by atomic mass is 35.5. The zero-order chi connectivity index (χ0) is 14.0. The van der Waals surface area contributed by atoms with Crippen molar-refractivity contribution >= 4 is 46.4 Å². The predicted molar refractivity (Wildman–Crippen MR) is 78.4 cm³/mol. The number of anilines is 1. The molecular weight excluding hydrogens is 307 g/mol. The van der Waals surface area contributed by atoms with Crippen molar-refractivity contribution < 1.29 is 4.79 Å².